The molecule has 0 rings (SSSR count). The first kappa shape index (κ1) is 74.3. The molecule has 6 heteroatoms. The van der Waals surface area contributed by atoms with Gasteiger partial charge in [0.1, 0.15) is 0 Å². The molecule has 0 aliphatic rings. The third kappa shape index (κ3) is 61.6. The van der Waals surface area contributed by atoms with Crippen LogP contribution in [0.15, 0.2) is 24.3 Å². The standard InChI is InChI=1S/C70H135NO5/c1-3-5-7-9-11-13-15-16-17-37-40-44-48-52-56-60-64-70(75)76-65-61-57-53-49-45-41-38-35-33-31-29-27-25-23-21-19-18-20-22-24-26-28-30-32-34-36-39-43-47-51-55-59-63-69(74)71-67(66-72)68(73)62-58-54-50-46-42-14-12-10-8-6-4-2/h17,37,58,62,67-68,72-73H,3-16,18-36,38-57,59-61,63-66H2,1-2H3,(H,71,74)/b37-17-,62-58+. The number of ether oxygens (including phenoxy) is 1. The summed E-state index contributed by atoms with van der Waals surface area (Å²) in [6.07, 6.45) is 82.7. The van der Waals surface area contributed by atoms with Crippen molar-refractivity contribution in [3.63, 3.8) is 0 Å². The number of aliphatic hydroxyl groups excluding tert-OH is 2. The fourth-order valence-electron chi connectivity index (χ4n) is 10.9. The van der Waals surface area contributed by atoms with Gasteiger partial charge in [-0.05, 0) is 57.8 Å². The SMILES string of the molecule is CCCCCCCCC/C=C\CCCCCCCC(=O)OCCCCCCCCCCCCCCCCCCCCCCCCCCCCCCCCCCC(=O)NC(CO)C(O)/C=C/CCCCCCCCCCC. The van der Waals surface area contributed by atoms with Gasteiger partial charge in [-0.3, -0.25) is 9.59 Å². The van der Waals surface area contributed by atoms with Crippen molar-refractivity contribution < 1.29 is 24.5 Å². The average Bonchev–Trinajstić information content (AvgIpc) is 3.42. The quantitative estimate of drug-likeness (QED) is 0.0320. The second kappa shape index (κ2) is 65.9. The summed E-state index contributed by atoms with van der Waals surface area (Å²) in [4.78, 5) is 24.5. The number of hydrogen-bond acceptors (Lipinski definition) is 5. The highest BCUT2D eigenvalue weighted by molar-refractivity contribution is 5.76. The molecule has 1 amide bonds. The van der Waals surface area contributed by atoms with Gasteiger partial charge in [0.25, 0.3) is 0 Å². The molecule has 2 unspecified atom stereocenters. The molecule has 0 aromatic rings. The second-order valence-corrected chi connectivity index (χ2v) is 23.9. The summed E-state index contributed by atoms with van der Waals surface area (Å²) < 4.78 is 5.50. The second-order valence-electron chi connectivity index (χ2n) is 23.9. The Kier molecular flexibility index (Phi) is 64.4. The van der Waals surface area contributed by atoms with Crippen LogP contribution in [0.4, 0.5) is 0 Å². The van der Waals surface area contributed by atoms with Gasteiger partial charge >= 0.3 is 5.97 Å². The number of aliphatic hydroxyl groups is 2. The van der Waals surface area contributed by atoms with Crippen molar-refractivity contribution in [3.05, 3.63) is 24.3 Å². The fourth-order valence-corrected chi connectivity index (χ4v) is 10.9. The lowest BCUT2D eigenvalue weighted by Crippen LogP contribution is -2.45. The van der Waals surface area contributed by atoms with E-state index in [1.807, 2.05) is 6.08 Å². The van der Waals surface area contributed by atoms with E-state index >= 15 is 0 Å². The number of allylic oxidation sites excluding steroid dienone is 3. The van der Waals surface area contributed by atoms with E-state index in [1.165, 1.54) is 315 Å². The predicted molar refractivity (Wildman–Crippen MR) is 333 cm³/mol. The van der Waals surface area contributed by atoms with Gasteiger partial charge in [-0.1, -0.05) is 340 Å². The third-order valence-electron chi connectivity index (χ3n) is 16.2. The number of amides is 1. The fraction of sp³-hybridized carbons (Fsp3) is 0.914. The molecule has 0 saturated heterocycles. The lowest BCUT2D eigenvalue weighted by atomic mass is 10.0. The molecule has 2 atom stereocenters. The third-order valence-corrected chi connectivity index (χ3v) is 16.2. The first-order valence-corrected chi connectivity index (χ1v) is 34.6. The minimum atomic E-state index is -0.839. The summed E-state index contributed by atoms with van der Waals surface area (Å²) in [7, 11) is 0. The first-order valence-electron chi connectivity index (χ1n) is 34.6. The molecule has 0 aliphatic heterocycles. The van der Waals surface area contributed by atoms with E-state index in [-0.39, 0.29) is 18.5 Å². The van der Waals surface area contributed by atoms with Gasteiger partial charge in [-0.15, -0.1) is 0 Å². The molecule has 0 saturated carbocycles. The molecule has 76 heavy (non-hydrogen) atoms. The van der Waals surface area contributed by atoms with Crippen LogP contribution in [-0.2, 0) is 14.3 Å². The predicted octanol–water partition coefficient (Wildman–Crippen LogP) is 22.1. The summed E-state index contributed by atoms with van der Waals surface area (Å²) in [5, 5.41) is 23.1. The van der Waals surface area contributed by atoms with Gasteiger partial charge in [-0.2, -0.15) is 0 Å². The van der Waals surface area contributed by atoms with Crippen LogP contribution >= 0.6 is 0 Å². The molecular formula is C70H135NO5. The Bertz CT molecular complexity index is 1190. The molecule has 0 aromatic carbocycles. The molecule has 6 nitrogen and oxygen atoms in total. The van der Waals surface area contributed by atoms with Crippen LogP contribution in [0, 0.1) is 0 Å². The molecule has 450 valence electrons. The van der Waals surface area contributed by atoms with Crippen molar-refractivity contribution in [1.29, 1.82) is 0 Å². The van der Waals surface area contributed by atoms with Gasteiger partial charge in [0.15, 0.2) is 0 Å². The van der Waals surface area contributed by atoms with Crippen molar-refractivity contribution in [2.24, 2.45) is 0 Å². The Morgan fingerprint density at radius 1 is 0.355 bits per heavy atom. The Morgan fingerprint density at radius 2 is 0.618 bits per heavy atom. The normalized spacial score (nSPS) is 12.6. The van der Waals surface area contributed by atoms with Crippen molar-refractivity contribution in [2.75, 3.05) is 13.2 Å². The maximum atomic E-state index is 12.4. The summed E-state index contributed by atoms with van der Waals surface area (Å²) in [6, 6.07) is -0.622. The zero-order valence-electron chi connectivity index (χ0n) is 51.5. The number of carbonyl (C=O) groups is 2. The molecule has 0 fully saturated rings. The van der Waals surface area contributed by atoms with Gasteiger partial charge in [0, 0.05) is 12.8 Å². The average molecular weight is 1070 g/mol. The smallest absolute Gasteiger partial charge is 0.305 e. The number of rotatable bonds is 65. The minimum Gasteiger partial charge on any atom is -0.466 e. The van der Waals surface area contributed by atoms with E-state index in [0.29, 0.717) is 19.4 Å². The number of nitrogens with one attached hydrogen (secondary N) is 1. The summed E-state index contributed by atoms with van der Waals surface area (Å²) in [6.45, 7) is 4.91. The largest absolute Gasteiger partial charge is 0.466 e. The molecule has 0 spiro atoms. The van der Waals surface area contributed by atoms with Crippen LogP contribution in [0.2, 0.25) is 0 Å². The lowest BCUT2D eigenvalue weighted by molar-refractivity contribution is -0.143. The zero-order chi connectivity index (χ0) is 55.0. The summed E-state index contributed by atoms with van der Waals surface area (Å²) >= 11 is 0. The van der Waals surface area contributed by atoms with E-state index in [1.54, 1.807) is 6.08 Å². The van der Waals surface area contributed by atoms with Crippen molar-refractivity contribution in [1.82, 2.24) is 5.32 Å². The molecule has 0 bridgehead atoms. The van der Waals surface area contributed by atoms with E-state index in [9.17, 15) is 19.8 Å². The first-order chi connectivity index (χ1) is 37.5. The molecule has 0 heterocycles. The zero-order valence-corrected chi connectivity index (χ0v) is 51.5. The maximum absolute atomic E-state index is 12.4. The van der Waals surface area contributed by atoms with Gasteiger partial charge in [0.05, 0.1) is 25.4 Å². The van der Waals surface area contributed by atoms with Crippen molar-refractivity contribution in [3.8, 4) is 0 Å². The molecule has 0 aromatic heterocycles. The van der Waals surface area contributed by atoms with Crippen molar-refractivity contribution >= 4 is 11.9 Å². The van der Waals surface area contributed by atoms with Gasteiger partial charge in [0.2, 0.25) is 5.91 Å². The van der Waals surface area contributed by atoms with Crippen LogP contribution in [0.1, 0.15) is 386 Å². The minimum absolute atomic E-state index is 0.0140. The summed E-state index contributed by atoms with van der Waals surface area (Å²) in [5.41, 5.74) is 0. The Morgan fingerprint density at radius 3 is 0.934 bits per heavy atom. The number of hydrogen-bond donors (Lipinski definition) is 3. The van der Waals surface area contributed by atoms with E-state index in [4.69, 9.17) is 4.74 Å². The number of carbonyl (C=O) groups excluding carboxylic acids is 2. The van der Waals surface area contributed by atoms with E-state index in [0.717, 1.165) is 44.9 Å². The van der Waals surface area contributed by atoms with Crippen LogP contribution in [0.5, 0.6) is 0 Å². The van der Waals surface area contributed by atoms with Crippen LogP contribution in [0.25, 0.3) is 0 Å². The van der Waals surface area contributed by atoms with E-state index in [2.05, 4.69) is 31.3 Å². The topological polar surface area (TPSA) is 95.9 Å². The molecule has 3 N–H and O–H groups in total. The van der Waals surface area contributed by atoms with Gasteiger partial charge < -0.3 is 20.3 Å². The van der Waals surface area contributed by atoms with Gasteiger partial charge in [-0.25, -0.2) is 0 Å². The highest BCUT2D eigenvalue weighted by atomic mass is 16.5. The molecule has 0 radical (unpaired) electrons. The highest BCUT2D eigenvalue weighted by Gasteiger charge is 2.18. The number of esters is 1. The lowest BCUT2D eigenvalue weighted by Gasteiger charge is -2.20. The maximum Gasteiger partial charge on any atom is 0.305 e. The monoisotopic (exact) mass is 1070 g/mol. The Hall–Kier alpha value is -1.66. The van der Waals surface area contributed by atoms with Crippen LogP contribution < -0.4 is 5.32 Å². The van der Waals surface area contributed by atoms with Crippen LogP contribution in [-0.4, -0.2) is 47.4 Å². The van der Waals surface area contributed by atoms with E-state index < -0.39 is 12.1 Å². The highest BCUT2D eigenvalue weighted by Crippen LogP contribution is 2.19. The van der Waals surface area contributed by atoms with Crippen molar-refractivity contribution in [2.45, 2.75) is 398 Å². The molecule has 0 aliphatic carbocycles. The number of unbranched alkanes of at least 4 members (excludes halogenated alkanes) is 52. The Labute approximate surface area is 475 Å². The summed E-state index contributed by atoms with van der Waals surface area (Å²) in [5.74, 6) is -0.0492. The Balaban J connectivity index is 3.31. The van der Waals surface area contributed by atoms with Crippen LogP contribution in [0.3, 0.4) is 0 Å². The molecular weight excluding hydrogens is 935 g/mol.